The van der Waals surface area contributed by atoms with E-state index in [9.17, 15) is 4.79 Å². The van der Waals surface area contributed by atoms with Gasteiger partial charge in [0.25, 0.3) is 0 Å². The van der Waals surface area contributed by atoms with Crippen molar-refractivity contribution in [1.29, 1.82) is 0 Å². The first-order valence-corrected chi connectivity index (χ1v) is 4.03. The minimum atomic E-state index is -0.785. The second-order valence-electron chi connectivity index (χ2n) is 3.15. The van der Waals surface area contributed by atoms with Crippen LogP contribution < -0.4 is 5.48 Å². The number of rotatable bonds is 4. The van der Waals surface area contributed by atoms with Gasteiger partial charge in [-0.05, 0) is 18.9 Å². The van der Waals surface area contributed by atoms with E-state index in [0.717, 1.165) is 19.5 Å². The minimum absolute atomic E-state index is 0.113. The summed E-state index contributed by atoms with van der Waals surface area (Å²) in [6, 6.07) is 0. The van der Waals surface area contributed by atoms with E-state index in [1.165, 1.54) is 0 Å². The zero-order chi connectivity index (χ0) is 8.97. The van der Waals surface area contributed by atoms with E-state index in [4.69, 9.17) is 10.3 Å². The Morgan fingerprint density at radius 1 is 1.67 bits per heavy atom. The Morgan fingerprint density at radius 2 is 2.42 bits per heavy atom. The lowest BCUT2D eigenvalue weighted by atomic mass is 10.1. The summed E-state index contributed by atoms with van der Waals surface area (Å²) in [5.74, 6) is -0.401. The molecule has 0 saturated carbocycles. The van der Waals surface area contributed by atoms with E-state index in [-0.39, 0.29) is 6.54 Å². The zero-order valence-electron chi connectivity index (χ0n) is 6.86. The Morgan fingerprint density at radius 3 is 3.00 bits per heavy atom. The van der Waals surface area contributed by atoms with E-state index < -0.39 is 5.97 Å². The van der Waals surface area contributed by atoms with E-state index in [0.29, 0.717) is 12.5 Å². The topological polar surface area (TPSA) is 72.8 Å². The number of aliphatic carboxylic acids is 1. The molecule has 0 amide bonds. The fourth-order valence-electron chi connectivity index (χ4n) is 1.54. The lowest BCUT2D eigenvalue weighted by molar-refractivity contribution is -0.138. The smallest absolute Gasteiger partial charge is 0.317 e. The van der Waals surface area contributed by atoms with Crippen LogP contribution in [0.15, 0.2) is 0 Å². The summed E-state index contributed by atoms with van der Waals surface area (Å²) in [7, 11) is 0. The average molecular weight is 174 g/mol. The van der Waals surface area contributed by atoms with Crippen molar-refractivity contribution in [3.63, 3.8) is 0 Å². The fourth-order valence-corrected chi connectivity index (χ4v) is 1.54. The van der Waals surface area contributed by atoms with Gasteiger partial charge in [0.1, 0.15) is 0 Å². The molecule has 12 heavy (non-hydrogen) atoms. The molecule has 0 aliphatic carbocycles. The molecule has 1 rings (SSSR count). The van der Waals surface area contributed by atoms with Gasteiger partial charge in [0, 0.05) is 13.1 Å². The molecule has 0 bridgehead atoms. The lowest BCUT2D eigenvalue weighted by Crippen LogP contribution is -2.29. The van der Waals surface area contributed by atoms with Crippen LogP contribution in [0, 0.1) is 5.92 Å². The highest BCUT2D eigenvalue weighted by molar-refractivity contribution is 5.69. The second-order valence-corrected chi connectivity index (χ2v) is 3.15. The Kier molecular flexibility index (Phi) is 3.46. The van der Waals surface area contributed by atoms with Crippen LogP contribution in [0.2, 0.25) is 0 Å². The number of carboxylic acid groups (broad SMARTS) is 1. The van der Waals surface area contributed by atoms with Crippen molar-refractivity contribution in [2.24, 2.45) is 5.92 Å². The fraction of sp³-hybridized carbons (Fsp3) is 0.857. The summed E-state index contributed by atoms with van der Waals surface area (Å²) in [4.78, 5) is 12.2. The van der Waals surface area contributed by atoms with Crippen molar-refractivity contribution in [3.05, 3.63) is 0 Å². The maximum atomic E-state index is 10.3. The molecule has 5 nitrogen and oxygen atoms in total. The number of carboxylic acids is 1. The summed E-state index contributed by atoms with van der Waals surface area (Å²) >= 11 is 0. The molecule has 0 spiro atoms. The van der Waals surface area contributed by atoms with Crippen molar-refractivity contribution in [2.75, 3.05) is 26.2 Å². The minimum Gasteiger partial charge on any atom is -0.480 e. The van der Waals surface area contributed by atoms with Crippen molar-refractivity contribution in [2.45, 2.75) is 6.42 Å². The standard InChI is InChI=1S/C7H14N2O3/c10-7(11)5-9-2-1-6(4-9)3-8-12/h6,8,12H,1-5H2,(H,10,11). The first-order valence-electron chi connectivity index (χ1n) is 4.03. The van der Waals surface area contributed by atoms with Gasteiger partial charge in [0.15, 0.2) is 0 Å². The van der Waals surface area contributed by atoms with E-state index in [1.54, 1.807) is 0 Å². The number of carbonyl (C=O) groups is 1. The van der Waals surface area contributed by atoms with Crippen LogP contribution >= 0.6 is 0 Å². The molecule has 0 aromatic carbocycles. The largest absolute Gasteiger partial charge is 0.480 e. The van der Waals surface area contributed by atoms with Crippen LogP contribution in [0.1, 0.15) is 6.42 Å². The van der Waals surface area contributed by atoms with Gasteiger partial charge in [-0.2, -0.15) is 0 Å². The van der Waals surface area contributed by atoms with Crippen LogP contribution in [0.4, 0.5) is 0 Å². The average Bonchev–Trinajstić information content (AvgIpc) is 2.36. The van der Waals surface area contributed by atoms with Crippen LogP contribution in [-0.2, 0) is 4.79 Å². The molecule has 1 aliphatic rings. The van der Waals surface area contributed by atoms with Gasteiger partial charge in [-0.1, -0.05) is 0 Å². The van der Waals surface area contributed by atoms with Gasteiger partial charge in [-0.3, -0.25) is 9.69 Å². The van der Waals surface area contributed by atoms with E-state index >= 15 is 0 Å². The van der Waals surface area contributed by atoms with Gasteiger partial charge >= 0.3 is 5.97 Å². The summed E-state index contributed by atoms with van der Waals surface area (Å²) in [6.07, 6.45) is 0.959. The molecule has 5 heteroatoms. The molecule has 1 unspecified atom stereocenters. The number of nitrogens with zero attached hydrogens (tertiary/aromatic N) is 1. The van der Waals surface area contributed by atoms with Crippen LogP contribution in [0.5, 0.6) is 0 Å². The van der Waals surface area contributed by atoms with Gasteiger partial charge in [0.05, 0.1) is 6.54 Å². The molecule has 1 fully saturated rings. The van der Waals surface area contributed by atoms with Crippen molar-refractivity contribution < 1.29 is 15.1 Å². The van der Waals surface area contributed by atoms with Gasteiger partial charge in [-0.25, -0.2) is 5.48 Å². The summed E-state index contributed by atoms with van der Waals surface area (Å²) in [5, 5.41) is 16.9. The lowest BCUT2D eigenvalue weighted by Gasteiger charge is -2.12. The second kappa shape index (κ2) is 4.39. The van der Waals surface area contributed by atoms with Crippen molar-refractivity contribution in [3.8, 4) is 0 Å². The first kappa shape index (κ1) is 9.44. The van der Waals surface area contributed by atoms with Crippen LogP contribution in [0.25, 0.3) is 0 Å². The zero-order valence-corrected chi connectivity index (χ0v) is 6.86. The number of hydroxylamine groups is 1. The third-order valence-corrected chi connectivity index (χ3v) is 2.11. The third-order valence-electron chi connectivity index (χ3n) is 2.11. The third kappa shape index (κ3) is 2.77. The molecule has 70 valence electrons. The molecule has 0 radical (unpaired) electrons. The van der Waals surface area contributed by atoms with Gasteiger partial charge < -0.3 is 10.3 Å². The molecule has 1 aliphatic heterocycles. The van der Waals surface area contributed by atoms with Gasteiger partial charge in [-0.15, -0.1) is 0 Å². The van der Waals surface area contributed by atoms with Crippen LogP contribution in [-0.4, -0.2) is 47.4 Å². The normalized spacial score (nSPS) is 24.6. The predicted octanol–water partition coefficient (Wildman–Crippen LogP) is -0.628. The molecule has 1 saturated heterocycles. The Labute approximate surface area is 70.9 Å². The highest BCUT2D eigenvalue weighted by Crippen LogP contribution is 2.14. The predicted molar refractivity (Wildman–Crippen MR) is 42.0 cm³/mol. The Hall–Kier alpha value is -0.650. The SMILES string of the molecule is O=C(O)CN1CCC(CNO)C1. The Bertz CT molecular complexity index is 163. The number of nitrogens with one attached hydrogen (secondary N) is 1. The quantitative estimate of drug-likeness (QED) is 0.495. The molecular weight excluding hydrogens is 160 g/mol. The summed E-state index contributed by atoms with van der Waals surface area (Å²) in [6.45, 7) is 2.25. The molecule has 1 atom stereocenters. The maximum Gasteiger partial charge on any atom is 0.317 e. The highest BCUT2D eigenvalue weighted by atomic mass is 16.5. The highest BCUT2D eigenvalue weighted by Gasteiger charge is 2.23. The van der Waals surface area contributed by atoms with E-state index in [2.05, 4.69) is 5.48 Å². The number of hydrogen-bond donors (Lipinski definition) is 3. The van der Waals surface area contributed by atoms with Crippen molar-refractivity contribution >= 4 is 5.97 Å². The molecule has 0 aromatic rings. The maximum absolute atomic E-state index is 10.3. The molecule has 3 N–H and O–H groups in total. The Balaban J connectivity index is 2.21. The summed E-state index contributed by atoms with van der Waals surface area (Å²) < 4.78 is 0. The number of hydrogen-bond acceptors (Lipinski definition) is 4. The van der Waals surface area contributed by atoms with Crippen molar-refractivity contribution in [1.82, 2.24) is 10.4 Å². The monoisotopic (exact) mass is 174 g/mol. The number of likely N-dealkylation sites (tertiary alicyclic amines) is 1. The van der Waals surface area contributed by atoms with Crippen LogP contribution in [0.3, 0.4) is 0 Å². The first-order chi connectivity index (χ1) is 5.72. The van der Waals surface area contributed by atoms with E-state index in [1.807, 2.05) is 4.90 Å². The summed E-state index contributed by atoms with van der Waals surface area (Å²) in [5.41, 5.74) is 2.11. The molecule has 0 aromatic heterocycles. The van der Waals surface area contributed by atoms with Gasteiger partial charge in [0.2, 0.25) is 0 Å². The molecule has 1 heterocycles. The molecular formula is C7H14N2O3.